The molecular weight excluding hydrogens is 284 g/mol. The van der Waals surface area contributed by atoms with Crippen LogP contribution >= 0.6 is 0 Å². The minimum atomic E-state index is 0.0788. The zero-order chi connectivity index (χ0) is 16.8. The lowest BCUT2D eigenvalue weighted by molar-refractivity contribution is -0.0697. The van der Waals surface area contributed by atoms with E-state index in [1.165, 1.54) is 83.5 Å². The van der Waals surface area contributed by atoms with Crippen molar-refractivity contribution in [3.05, 3.63) is 0 Å². The van der Waals surface area contributed by atoms with Crippen LogP contribution in [0.1, 0.15) is 111 Å². The molecule has 0 bridgehead atoms. The molecule has 1 rings (SSSR count). The van der Waals surface area contributed by atoms with Crippen molar-refractivity contribution >= 4 is 0 Å². The maximum Gasteiger partial charge on any atom is 0.158 e. The summed E-state index contributed by atoms with van der Waals surface area (Å²) in [5, 5.41) is 0. The van der Waals surface area contributed by atoms with Gasteiger partial charge in [-0.1, -0.05) is 97.8 Å². The van der Waals surface area contributed by atoms with E-state index in [0.29, 0.717) is 12.0 Å². The third kappa shape index (κ3) is 11.2. The summed E-state index contributed by atoms with van der Waals surface area (Å²) < 4.78 is 11.6. The van der Waals surface area contributed by atoms with Crippen molar-refractivity contribution < 1.29 is 9.47 Å². The van der Waals surface area contributed by atoms with E-state index >= 15 is 0 Å². The second kappa shape index (κ2) is 14.3. The molecule has 0 spiro atoms. The van der Waals surface area contributed by atoms with Crippen molar-refractivity contribution in [2.24, 2.45) is 5.92 Å². The van der Waals surface area contributed by atoms with E-state index in [2.05, 4.69) is 20.8 Å². The Morgan fingerprint density at radius 2 is 1.22 bits per heavy atom. The summed E-state index contributed by atoms with van der Waals surface area (Å²) in [4.78, 5) is 0. The molecule has 2 atom stereocenters. The predicted molar refractivity (Wildman–Crippen MR) is 99.8 cm³/mol. The van der Waals surface area contributed by atoms with E-state index in [9.17, 15) is 0 Å². The monoisotopic (exact) mass is 326 g/mol. The van der Waals surface area contributed by atoms with Gasteiger partial charge >= 0.3 is 0 Å². The molecule has 23 heavy (non-hydrogen) atoms. The number of rotatable bonds is 15. The smallest absolute Gasteiger partial charge is 0.158 e. The molecule has 2 nitrogen and oxygen atoms in total. The molecule has 0 N–H and O–H groups in total. The summed E-state index contributed by atoms with van der Waals surface area (Å²) in [5.74, 6) is 0.576. The molecule has 1 fully saturated rings. The summed E-state index contributed by atoms with van der Waals surface area (Å²) in [7, 11) is 0. The molecule has 2 unspecified atom stereocenters. The van der Waals surface area contributed by atoms with E-state index in [1.807, 2.05) is 0 Å². The molecule has 0 amide bonds. The maximum atomic E-state index is 5.91. The molecule has 1 aliphatic heterocycles. The van der Waals surface area contributed by atoms with Crippen molar-refractivity contribution in [2.75, 3.05) is 6.61 Å². The van der Waals surface area contributed by atoms with Crippen molar-refractivity contribution in [3.8, 4) is 0 Å². The van der Waals surface area contributed by atoms with Crippen LogP contribution in [-0.4, -0.2) is 19.0 Å². The second-order valence-corrected chi connectivity index (χ2v) is 7.71. The fourth-order valence-electron chi connectivity index (χ4n) is 3.31. The van der Waals surface area contributed by atoms with Crippen LogP contribution in [0.15, 0.2) is 0 Å². The minimum absolute atomic E-state index is 0.0788. The molecular formula is C21H42O2. The Morgan fingerprint density at radius 1 is 0.739 bits per heavy atom. The highest BCUT2D eigenvalue weighted by atomic mass is 16.7. The average molecular weight is 327 g/mol. The first-order valence-corrected chi connectivity index (χ1v) is 10.5. The average Bonchev–Trinajstić information content (AvgIpc) is 3.01. The highest BCUT2D eigenvalue weighted by Gasteiger charge is 2.27. The molecule has 0 aromatic carbocycles. The van der Waals surface area contributed by atoms with Gasteiger partial charge in [0, 0.05) is 0 Å². The molecule has 1 aliphatic rings. The highest BCUT2D eigenvalue weighted by molar-refractivity contribution is 4.68. The first-order chi connectivity index (χ1) is 11.2. The normalized spacial score (nSPS) is 21.4. The Labute approximate surface area is 145 Å². The van der Waals surface area contributed by atoms with Crippen molar-refractivity contribution in [3.63, 3.8) is 0 Å². The highest BCUT2D eigenvalue weighted by Crippen LogP contribution is 2.22. The molecule has 0 saturated carbocycles. The predicted octanol–water partition coefficient (Wildman–Crippen LogP) is 6.87. The van der Waals surface area contributed by atoms with E-state index in [0.717, 1.165) is 13.0 Å². The van der Waals surface area contributed by atoms with Gasteiger partial charge in [0.1, 0.15) is 0 Å². The number of hydrogen-bond acceptors (Lipinski definition) is 2. The molecule has 1 saturated heterocycles. The van der Waals surface area contributed by atoms with Gasteiger partial charge in [0.15, 0.2) is 6.29 Å². The van der Waals surface area contributed by atoms with Crippen molar-refractivity contribution in [1.82, 2.24) is 0 Å². The summed E-state index contributed by atoms with van der Waals surface area (Å²) in [6.07, 6.45) is 19.8. The summed E-state index contributed by atoms with van der Waals surface area (Å²) in [5.41, 5.74) is 0. The van der Waals surface area contributed by atoms with Crippen molar-refractivity contribution in [2.45, 2.75) is 123 Å². The standard InChI is InChI=1S/C21H42O2/c1-4-5-6-7-8-9-10-11-12-13-14-15-16-17-21-22-18-20(23-21)19(2)3/h19-21H,4-18H2,1-3H3. The van der Waals surface area contributed by atoms with Crippen LogP contribution in [0, 0.1) is 5.92 Å². The Bertz CT molecular complexity index is 252. The minimum Gasteiger partial charge on any atom is -0.350 e. The van der Waals surface area contributed by atoms with Crippen LogP contribution in [0.4, 0.5) is 0 Å². The Kier molecular flexibility index (Phi) is 13.0. The first-order valence-electron chi connectivity index (χ1n) is 10.5. The lowest BCUT2D eigenvalue weighted by Gasteiger charge is -2.13. The van der Waals surface area contributed by atoms with E-state index in [1.54, 1.807) is 0 Å². The van der Waals surface area contributed by atoms with Crippen LogP contribution in [-0.2, 0) is 9.47 Å². The van der Waals surface area contributed by atoms with Gasteiger partial charge < -0.3 is 9.47 Å². The Balaban J connectivity index is 1.75. The van der Waals surface area contributed by atoms with Gasteiger partial charge in [-0.3, -0.25) is 0 Å². The fraction of sp³-hybridized carbons (Fsp3) is 1.00. The number of unbranched alkanes of at least 4 members (excludes halogenated alkanes) is 12. The topological polar surface area (TPSA) is 18.5 Å². The molecule has 0 radical (unpaired) electrons. The van der Waals surface area contributed by atoms with Gasteiger partial charge in [-0.2, -0.15) is 0 Å². The van der Waals surface area contributed by atoms with Crippen LogP contribution in [0.2, 0.25) is 0 Å². The first kappa shape index (κ1) is 21.0. The van der Waals surface area contributed by atoms with Crippen LogP contribution in [0.5, 0.6) is 0 Å². The zero-order valence-corrected chi connectivity index (χ0v) is 16.2. The Morgan fingerprint density at radius 3 is 1.65 bits per heavy atom. The number of hydrogen-bond donors (Lipinski definition) is 0. The largest absolute Gasteiger partial charge is 0.350 e. The van der Waals surface area contributed by atoms with Gasteiger partial charge in [0.25, 0.3) is 0 Å². The van der Waals surface area contributed by atoms with Gasteiger partial charge in [-0.05, 0) is 18.8 Å². The zero-order valence-electron chi connectivity index (χ0n) is 16.2. The summed E-state index contributed by atoms with van der Waals surface area (Å²) in [6, 6.07) is 0. The third-order valence-corrected chi connectivity index (χ3v) is 5.06. The van der Waals surface area contributed by atoms with Crippen molar-refractivity contribution in [1.29, 1.82) is 0 Å². The lowest BCUT2D eigenvalue weighted by Crippen LogP contribution is -2.18. The molecule has 2 heteroatoms. The SMILES string of the molecule is CCCCCCCCCCCCCCCC1OCC(C(C)C)O1. The van der Waals surface area contributed by atoms with Crippen LogP contribution in [0.3, 0.4) is 0 Å². The Hall–Kier alpha value is -0.0800. The molecule has 0 aromatic heterocycles. The van der Waals surface area contributed by atoms with E-state index in [4.69, 9.17) is 9.47 Å². The van der Waals surface area contributed by atoms with E-state index in [-0.39, 0.29) is 6.29 Å². The second-order valence-electron chi connectivity index (χ2n) is 7.71. The molecule has 1 heterocycles. The quantitative estimate of drug-likeness (QED) is 0.306. The van der Waals surface area contributed by atoms with Gasteiger partial charge in [-0.25, -0.2) is 0 Å². The summed E-state index contributed by atoms with van der Waals surface area (Å²) >= 11 is 0. The van der Waals surface area contributed by atoms with Gasteiger partial charge in [0.2, 0.25) is 0 Å². The fourth-order valence-corrected chi connectivity index (χ4v) is 3.31. The van der Waals surface area contributed by atoms with Crippen LogP contribution < -0.4 is 0 Å². The maximum absolute atomic E-state index is 5.91. The van der Waals surface area contributed by atoms with E-state index < -0.39 is 0 Å². The molecule has 0 aromatic rings. The lowest BCUT2D eigenvalue weighted by atomic mass is 10.0. The third-order valence-electron chi connectivity index (χ3n) is 5.06. The molecule has 0 aliphatic carbocycles. The number of ether oxygens (including phenoxy) is 2. The van der Waals surface area contributed by atoms with Crippen LogP contribution in [0.25, 0.3) is 0 Å². The van der Waals surface area contributed by atoms with Gasteiger partial charge in [-0.15, -0.1) is 0 Å². The summed E-state index contributed by atoms with van der Waals surface area (Å²) in [6.45, 7) is 7.50. The molecule has 138 valence electrons. The van der Waals surface area contributed by atoms with Gasteiger partial charge in [0.05, 0.1) is 12.7 Å².